The number of alkyl halides is 3. The van der Waals surface area contributed by atoms with Gasteiger partial charge in [0.2, 0.25) is 0 Å². The fourth-order valence-corrected chi connectivity index (χ4v) is 4.57. The molecular weight excluding hydrogens is 529 g/mol. The molecular formula is C23H25F3N6O7. The number of nitrogens with zero attached hydrogens (tertiary/aromatic N) is 6. The van der Waals surface area contributed by atoms with Gasteiger partial charge in [0.1, 0.15) is 17.6 Å². The van der Waals surface area contributed by atoms with E-state index < -0.39 is 41.1 Å². The predicted molar refractivity (Wildman–Crippen MR) is 127 cm³/mol. The molecule has 0 saturated heterocycles. The van der Waals surface area contributed by atoms with Gasteiger partial charge in [0.25, 0.3) is 5.69 Å². The Morgan fingerprint density at radius 2 is 1.90 bits per heavy atom. The number of hydrogen-bond donors (Lipinski definition) is 1. The fourth-order valence-electron chi connectivity index (χ4n) is 4.57. The Kier molecular flexibility index (Phi) is 7.63. The smallest absolute Gasteiger partial charge is 0.479 e. The lowest BCUT2D eigenvalue weighted by Gasteiger charge is -2.49. The van der Waals surface area contributed by atoms with Crippen molar-refractivity contribution in [1.82, 2.24) is 20.2 Å². The van der Waals surface area contributed by atoms with Crippen molar-refractivity contribution in [3.63, 3.8) is 0 Å². The summed E-state index contributed by atoms with van der Waals surface area (Å²) < 4.78 is 59.2. The van der Waals surface area contributed by atoms with Crippen LogP contribution in [0, 0.1) is 10.1 Å². The van der Waals surface area contributed by atoms with E-state index in [0.29, 0.717) is 5.69 Å². The van der Waals surface area contributed by atoms with Crippen LogP contribution in [0.2, 0.25) is 0 Å². The SMILES string of the molecule is COC(OC)[C@@]1(C)Oc2ccc([N+](=O)[O-])cc2[C@@H](N(Cc2nnn(C)n2)c2ccc(OC(F)(F)F)cc2)[C@@H]1O. The standard InChI is InChI=1S/C23H25F3N6O7/c1-22(21(36-3)37-4)20(33)19(16-11-14(32(34)35)7-10-17(16)39-22)31(12-18-27-29-30(2)28-18)13-5-8-15(9-6-13)38-23(24,25)26/h5-11,19-21,33H,12H2,1-4H3/t19-,20+,22+/m1/s1. The van der Waals surface area contributed by atoms with E-state index >= 15 is 0 Å². The molecule has 2 aromatic carbocycles. The molecule has 0 saturated carbocycles. The van der Waals surface area contributed by atoms with Crippen LogP contribution >= 0.6 is 0 Å². The summed E-state index contributed by atoms with van der Waals surface area (Å²) >= 11 is 0. The first-order valence-electron chi connectivity index (χ1n) is 11.4. The summed E-state index contributed by atoms with van der Waals surface area (Å²) in [5.74, 6) is -0.0572. The molecule has 1 aliphatic heterocycles. The Labute approximate surface area is 219 Å². The molecule has 0 amide bonds. The molecule has 210 valence electrons. The van der Waals surface area contributed by atoms with Gasteiger partial charge in [0, 0.05) is 37.6 Å². The first kappa shape index (κ1) is 28.0. The van der Waals surface area contributed by atoms with E-state index in [-0.39, 0.29) is 29.4 Å². The average Bonchev–Trinajstić information content (AvgIpc) is 3.28. The van der Waals surface area contributed by atoms with Gasteiger partial charge < -0.3 is 29.0 Å². The van der Waals surface area contributed by atoms with Crippen molar-refractivity contribution in [2.24, 2.45) is 7.05 Å². The third kappa shape index (κ3) is 5.71. The Morgan fingerprint density at radius 3 is 2.44 bits per heavy atom. The number of aliphatic hydroxyl groups excluding tert-OH is 1. The van der Waals surface area contributed by atoms with Gasteiger partial charge in [-0.15, -0.1) is 23.4 Å². The number of nitro groups is 1. The maximum atomic E-state index is 12.7. The number of aryl methyl sites for hydroxylation is 1. The van der Waals surface area contributed by atoms with Crippen molar-refractivity contribution in [3.8, 4) is 11.5 Å². The minimum absolute atomic E-state index is 0.0993. The van der Waals surface area contributed by atoms with E-state index in [0.717, 1.165) is 12.1 Å². The highest BCUT2D eigenvalue weighted by atomic mass is 19.4. The molecule has 3 aromatic rings. The third-order valence-corrected chi connectivity index (χ3v) is 6.23. The number of aromatic nitrogens is 4. The zero-order valence-electron chi connectivity index (χ0n) is 21.2. The summed E-state index contributed by atoms with van der Waals surface area (Å²) in [4.78, 5) is 13.8. The van der Waals surface area contributed by atoms with Crippen LogP contribution in [0.3, 0.4) is 0 Å². The number of hydrogen-bond acceptors (Lipinski definition) is 11. The molecule has 0 unspecified atom stereocenters. The van der Waals surface area contributed by atoms with Crippen LogP contribution in [0.25, 0.3) is 0 Å². The second-order valence-electron chi connectivity index (χ2n) is 8.82. The molecule has 1 aromatic heterocycles. The highest BCUT2D eigenvalue weighted by Gasteiger charge is 2.54. The molecule has 4 rings (SSSR count). The Hall–Kier alpha value is -4.02. The molecule has 0 radical (unpaired) electrons. The maximum Gasteiger partial charge on any atom is 0.573 e. The van der Waals surface area contributed by atoms with Crippen LogP contribution in [0.4, 0.5) is 24.5 Å². The minimum Gasteiger partial charge on any atom is -0.479 e. The van der Waals surface area contributed by atoms with Crippen LogP contribution in [0.1, 0.15) is 24.4 Å². The highest BCUT2D eigenvalue weighted by molar-refractivity contribution is 5.56. The predicted octanol–water partition coefficient (Wildman–Crippen LogP) is 2.90. The first-order valence-corrected chi connectivity index (χ1v) is 11.4. The second kappa shape index (κ2) is 10.6. The summed E-state index contributed by atoms with van der Waals surface area (Å²) in [6.07, 6.45) is -7.44. The third-order valence-electron chi connectivity index (χ3n) is 6.23. The van der Waals surface area contributed by atoms with Gasteiger partial charge in [0.05, 0.1) is 24.6 Å². The van der Waals surface area contributed by atoms with Crippen LogP contribution in [-0.4, -0.2) is 68.8 Å². The second-order valence-corrected chi connectivity index (χ2v) is 8.82. The van der Waals surface area contributed by atoms with Gasteiger partial charge in [-0.05, 0) is 42.5 Å². The number of aliphatic hydroxyl groups is 1. The first-order chi connectivity index (χ1) is 18.4. The molecule has 0 aliphatic carbocycles. The van der Waals surface area contributed by atoms with E-state index in [9.17, 15) is 28.4 Å². The van der Waals surface area contributed by atoms with Crippen LogP contribution in [0.15, 0.2) is 42.5 Å². The molecule has 1 N–H and O–H groups in total. The van der Waals surface area contributed by atoms with Gasteiger partial charge >= 0.3 is 6.36 Å². The summed E-state index contributed by atoms with van der Waals surface area (Å²) in [7, 11) is 4.26. The summed E-state index contributed by atoms with van der Waals surface area (Å²) in [6.45, 7) is 1.45. The Morgan fingerprint density at radius 1 is 1.23 bits per heavy atom. The van der Waals surface area contributed by atoms with E-state index in [2.05, 4.69) is 20.1 Å². The summed E-state index contributed by atoms with van der Waals surface area (Å²) in [5.41, 5.74) is -1.25. The fraction of sp³-hybridized carbons (Fsp3) is 0.435. The molecule has 16 heteroatoms. The number of ether oxygens (including phenoxy) is 4. The van der Waals surface area contributed by atoms with Crippen molar-refractivity contribution in [1.29, 1.82) is 0 Å². The van der Waals surface area contributed by atoms with E-state index in [4.69, 9.17) is 14.2 Å². The maximum absolute atomic E-state index is 12.7. The lowest BCUT2D eigenvalue weighted by Crippen LogP contribution is -2.62. The number of benzene rings is 2. The average molecular weight is 554 g/mol. The highest BCUT2D eigenvalue weighted by Crippen LogP contribution is 2.47. The molecule has 2 heterocycles. The van der Waals surface area contributed by atoms with E-state index in [1.807, 2.05) is 0 Å². The number of non-ortho nitro benzene ring substituents is 1. The van der Waals surface area contributed by atoms with Crippen LogP contribution < -0.4 is 14.4 Å². The zero-order valence-corrected chi connectivity index (χ0v) is 21.2. The quantitative estimate of drug-likeness (QED) is 0.237. The van der Waals surface area contributed by atoms with Crippen LogP contribution in [-0.2, 0) is 23.1 Å². The molecule has 1 aliphatic rings. The molecule has 0 fully saturated rings. The molecule has 3 atom stereocenters. The number of anilines is 1. The number of methoxy groups -OCH3 is 2. The molecule has 39 heavy (non-hydrogen) atoms. The number of nitro benzene ring substituents is 1. The van der Waals surface area contributed by atoms with Crippen molar-refractivity contribution in [3.05, 3.63) is 64.0 Å². The normalized spacial score (nSPS) is 20.8. The van der Waals surface area contributed by atoms with Gasteiger partial charge in [-0.2, -0.15) is 4.80 Å². The zero-order chi connectivity index (χ0) is 28.5. The van der Waals surface area contributed by atoms with Gasteiger partial charge in [-0.1, -0.05) is 0 Å². The summed E-state index contributed by atoms with van der Waals surface area (Å²) in [6, 6.07) is 7.72. The largest absolute Gasteiger partial charge is 0.573 e. The van der Waals surface area contributed by atoms with E-state index in [1.54, 1.807) is 18.9 Å². The lowest BCUT2D eigenvalue weighted by atomic mass is 9.83. The van der Waals surface area contributed by atoms with Crippen molar-refractivity contribution >= 4 is 11.4 Å². The van der Waals surface area contributed by atoms with E-state index in [1.165, 1.54) is 49.3 Å². The molecule has 0 bridgehead atoms. The number of halogens is 3. The van der Waals surface area contributed by atoms with Gasteiger partial charge in [-0.3, -0.25) is 10.1 Å². The number of rotatable bonds is 9. The summed E-state index contributed by atoms with van der Waals surface area (Å²) in [5, 5.41) is 35.4. The monoisotopic (exact) mass is 554 g/mol. The van der Waals surface area contributed by atoms with Crippen LogP contribution in [0.5, 0.6) is 11.5 Å². The Bertz CT molecular complexity index is 1320. The minimum atomic E-state index is -4.89. The number of fused-ring (bicyclic) bond motifs is 1. The van der Waals surface area contributed by atoms with Gasteiger partial charge in [-0.25, -0.2) is 0 Å². The lowest BCUT2D eigenvalue weighted by molar-refractivity contribution is -0.385. The topological polar surface area (TPSA) is 147 Å². The van der Waals surface area contributed by atoms with Crippen molar-refractivity contribution in [2.75, 3.05) is 19.1 Å². The van der Waals surface area contributed by atoms with Gasteiger partial charge in [0.15, 0.2) is 17.7 Å². The molecule has 13 nitrogen and oxygen atoms in total. The number of tetrazole rings is 1. The van der Waals surface area contributed by atoms with Crippen molar-refractivity contribution < 1.29 is 42.1 Å². The van der Waals surface area contributed by atoms with Crippen molar-refractivity contribution in [2.45, 2.75) is 43.9 Å². The Balaban J connectivity index is 1.89. The molecule has 0 spiro atoms.